The molecule has 126 valence electrons. The monoisotopic (exact) mass is 361 g/mol. The van der Waals surface area contributed by atoms with E-state index in [0.29, 0.717) is 30.2 Å². The largest absolute Gasteiger partial charge is 0.354 e. The zero-order valence-electron chi connectivity index (χ0n) is 13.4. The standard InChI is InChI=1S/C17H19N3O2S2/c1-12-3-2-4-13(7-12)17(22)20-11-24-9-15(20)16(21)18-6-5-14-8-23-10-19-14/h2-4,7-8,10,15H,5-6,9,11H2,1H3,(H,18,21). The minimum Gasteiger partial charge on any atom is -0.354 e. The molecule has 0 aliphatic carbocycles. The number of nitrogens with zero attached hydrogens (tertiary/aromatic N) is 2. The summed E-state index contributed by atoms with van der Waals surface area (Å²) in [5.74, 6) is 1.02. The third-order valence-electron chi connectivity index (χ3n) is 3.87. The van der Waals surface area contributed by atoms with Gasteiger partial charge in [0.15, 0.2) is 0 Å². The van der Waals surface area contributed by atoms with Gasteiger partial charge in [0.25, 0.3) is 5.91 Å². The van der Waals surface area contributed by atoms with E-state index in [0.717, 1.165) is 11.3 Å². The third-order valence-corrected chi connectivity index (χ3v) is 5.52. The quantitative estimate of drug-likeness (QED) is 0.888. The Morgan fingerprint density at radius 2 is 2.29 bits per heavy atom. The summed E-state index contributed by atoms with van der Waals surface area (Å²) in [6.45, 7) is 2.49. The molecule has 1 aromatic carbocycles. The van der Waals surface area contributed by atoms with Crippen molar-refractivity contribution in [3.63, 3.8) is 0 Å². The number of rotatable bonds is 5. The van der Waals surface area contributed by atoms with E-state index in [1.54, 1.807) is 39.6 Å². The summed E-state index contributed by atoms with van der Waals surface area (Å²) in [6.07, 6.45) is 0.709. The van der Waals surface area contributed by atoms with E-state index in [4.69, 9.17) is 0 Å². The maximum absolute atomic E-state index is 12.7. The molecule has 0 radical (unpaired) electrons. The lowest BCUT2D eigenvalue weighted by Crippen LogP contribution is -2.47. The van der Waals surface area contributed by atoms with Crippen molar-refractivity contribution in [1.29, 1.82) is 0 Å². The topological polar surface area (TPSA) is 62.3 Å². The SMILES string of the molecule is Cc1cccc(C(=O)N2CSCC2C(=O)NCCc2cscn2)c1. The Bertz CT molecular complexity index is 718. The first kappa shape index (κ1) is 17.0. The Labute approximate surface area is 149 Å². The smallest absolute Gasteiger partial charge is 0.255 e. The lowest BCUT2D eigenvalue weighted by atomic mass is 10.1. The summed E-state index contributed by atoms with van der Waals surface area (Å²) in [7, 11) is 0. The van der Waals surface area contributed by atoms with Gasteiger partial charge in [-0.3, -0.25) is 9.59 Å². The molecule has 0 saturated carbocycles. The summed E-state index contributed by atoms with van der Waals surface area (Å²) in [5.41, 5.74) is 4.44. The molecule has 1 aliphatic heterocycles. The van der Waals surface area contributed by atoms with Crippen molar-refractivity contribution >= 4 is 34.9 Å². The van der Waals surface area contributed by atoms with E-state index in [2.05, 4.69) is 10.3 Å². The van der Waals surface area contributed by atoms with E-state index >= 15 is 0 Å². The highest BCUT2D eigenvalue weighted by molar-refractivity contribution is 7.99. The normalized spacial score (nSPS) is 17.0. The predicted octanol–water partition coefficient (Wildman–Crippen LogP) is 2.33. The molecule has 2 amide bonds. The molecule has 5 nitrogen and oxygen atoms in total. The Kier molecular flexibility index (Phi) is 5.52. The molecule has 1 fully saturated rings. The fourth-order valence-electron chi connectivity index (χ4n) is 2.60. The fraction of sp³-hybridized carbons (Fsp3) is 0.353. The number of nitrogens with one attached hydrogen (secondary N) is 1. The second kappa shape index (κ2) is 7.81. The highest BCUT2D eigenvalue weighted by atomic mass is 32.2. The molecule has 0 spiro atoms. The molecule has 7 heteroatoms. The van der Waals surface area contributed by atoms with Crippen LogP contribution in [0.3, 0.4) is 0 Å². The van der Waals surface area contributed by atoms with Crippen LogP contribution in [0.1, 0.15) is 21.6 Å². The zero-order valence-corrected chi connectivity index (χ0v) is 15.0. The number of aromatic nitrogens is 1. The Morgan fingerprint density at radius 1 is 1.42 bits per heavy atom. The minimum atomic E-state index is -0.404. The third kappa shape index (κ3) is 3.96. The fourth-order valence-corrected chi connectivity index (χ4v) is 4.34. The molecular formula is C17H19N3O2S2. The Balaban J connectivity index is 1.60. The molecular weight excluding hydrogens is 342 g/mol. The Hall–Kier alpha value is -1.86. The van der Waals surface area contributed by atoms with E-state index in [1.165, 1.54) is 0 Å². The van der Waals surface area contributed by atoms with Crippen LogP contribution in [0.5, 0.6) is 0 Å². The van der Waals surface area contributed by atoms with Crippen LogP contribution in [0, 0.1) is 6.92 Å². The van der Waals surface area contributed by atoms with Gasteiger partial charge in [-0.15, -0.1) is 23.1 Å². The van der Waals surface area contributed by atoms with Gasteiger partial charge in [-0.25, -0.2) is 4.98 Å². The molecule has 3 rings (SSSR count). The highest BCUT2D eigenvalue weighted by Gasteiger charge is 2.34. The van der Waals surface area contributed by atoms with Crippen LogP contribution >= 0.6 is 23.1 Å². The van der Waals surface area contributed by atoms with Crippen LogP contribution in [0.2, 0.25) is 0 Å². The van der Waals surface area contributed by atoms with E-state index in [9.17, 15) is 9.59 Å². The molecule has 24 heavy (non-hydrogen) atoms. The van der Waals surface area contributed by atoms with Crippen molar-refractivity contribution in [3.05, 3.63) is 52.0 Å². The number of hydrogen-bond donors (Lipinski definition) is 1. The van der Waals surface area contributed by atoms with E-state index in [1.807, 2.05) is 30.5 Å². The summed E-state index contributed by atoms with van der Waals surface area (Å²) in [6, 6.07) is 7.09. The van der Waals surface area contributed by atoms with Crippen molar-refractivity contribution in [2.75, 3.05) is 18.2 Å². The first-order chi connectivity index (χ1) is 11.6. The van der Waals surface area contributed by atoms with Crippen molar-refractivity contribution in [2.24, 2.45) is 0 Å². The first-order valence-electron chi connectivity index (χ1n) is 7.75. The molecule has 1 aromatic heterocycles. The number of carbonyl (C=O) groups is 2. The second-order valence-corrected chi connectivity index (χ2v) is 7.40. The van der Waals surface area contributed by atoms with Crippen LogP contribution in [-0.2, 0) is 11.2 Å². The lowest BCUT2D eigenvalue weighted by Gasteiger charge is -2.23. The average molecular weight is 361 g/mol. The maximum Gasteiger partial charge on any atom is 0.255 e. The number of hydrogen-bond acceptors (Lipinski definition) is 5. The summed E-state index contributed by atoms with van der Waals surface area (Å²) >= 11 is 3.16. The maximum atomic E-state index is 12.7. The van der Waals surface area contributed by atoms with Gasteiger partial charge in [0.2, 0.25) is 5.91 Å². The summed E-state index contributed by atoms with van der Waals surface area (Å²) in [4.78, 5) is 31.0. The number of aryl methyl sites for hydroxylation is 1. The number of benzene rings is 1. The van der Waals surface area contributed by atoms with Gasteiger partial charge in [-0.1, -0.05) is 17.7 Å². The number of amides is 2. The zero-order chi connectivity index (χ0) is 16.9. The molecule has 1 unspecified atom stereocenters. The van der Waals surface area contributed by atoms with Crippen molar-refractivity contribution < 1.29 is 9.59 Å². The first-order valence-corrected chi connectivity index (χ1v) is 9.85. The lowest BCUT2D eigenvalue weighted by molar-refractivity contribution is -0.124. The molecule has 2 heterocycles. The van der Waals surface area contributed by atoms with Crippen LogP contribution in [0.25, 0.3) is 0 Å². The summed E-state index contributed by atoms with van der Waals surface area (Å²) < 4.78 is 0. The van der Waals surface area contributed by atoms with Gasteiger partial charge >= 0.3 is 0 Å². The van der Waals surface area contributed by atoms with Crippen LogP contribution < -0.4 is 5.32 Å². The van der Waals surface area contributed by atoms with Crippen molar-refractivity contribution in [1.82, 2.24) is 15.2 Å². The van der Waals surface area contributed by atoms with E-state index < -0.39 is 6.04 Å². The molecule has 1 aliphatic rings. The molecule has 1 saturated heterocycles. The molecule has 2 aromatic rings. The van der Waals surface area contributed by atoms with E-state index in [-0.39, 0.29) is 11.8 Å². The number of thiazole rings is 1. The molecule has 1 atom stereocenters. The average Bonchev–Trinajstić information content (AvgIpc) is 3.25. The van der Waals surface area contributed by atoms with Gasteiger partial charge in [-0.05, 0) is 19.1 Å². The van der Waals surface area contributed by atoms with Gasteiger partial charge in [0.1, 0.15) is 6.04 Å². The van der Waals surface area contributed by atoms with Crippen LogP contribution in [-0.4, -0.2) is 45.9 Å². The van der Waals surface area contributed by atoms with Crippen molar-refractivity contribution in [2.45, 2.75) is 19.4 Å². The summed E-state index contributed by atoms with van der Waals surface area (Å²) in [5, 5.41) is 4.91. The van der Waals surface area contributed by atoms with Crippen LogP contribution in [0.4, 0.5) is 0 Å². The predicted molar refractivity (Wildman–Crippen MR) is 97.3 cm³/mol. The number of thioether (sulfide) groups is 1. The molecule has 1 N–H and O–H groups in total. The highest BCUT2D eigenvalue weighted by Crippen LogP contribution is 2.23. The van der Waals surface area contributed by atoms with Gasteiger partial charge in [0, 0.05) is 29.7 Å². The van der Waals surface area contributed by atoms with Crippen LogP contribution in [0.15, 0.2) is 35.2 Å². The van der Waals surface area contributed by atoms with Gasteiger partial charge in [-0.2, -0.15) is 0 Å². The van der Waals surface area contributed by atoms with Gasteiger partial charge < -0.3 is 10.2 Å². The minimum absolute atomic E-state index is 0.0802. The Morgan fingerprint density at radius 3 is 3.04 bits per heavy atom. The second-order valence-electron chi connectivity index (χ2n) is 5.68. The van der Waals surface area contributed by atoms with Crippen molar-refractivity contribution in [3.8, 4) is 0 Å². The molecule has 0 bridgehead atoms. The number of carbonyl (C=O) groups excluding carboxylic acids is 2. The van der Waals surface area contributed by atoms with Gasteiger partial charge in [0.05, 0.1) is 17.1 Å².